The molecule has 3 rings (SSSR count). The van der Waals surface area contributed by atoms with Crippen LogP contribution in [-0.2, 0) is 13.0 Å². The Hall–Kier alpha value is -1.59. The summed E-state index contributed by atoms with van der Waals surface area (Å²) in [5, 5.41) is 11.2. The van der Waals surface area contributed by atoms with Crippen LogP contribution in [0.15, 0.2) is 48.5 Å². The van der Waals surface area contributed by atoms with Crippen molar-refractivity contribution in [1.29, 1.82) is 0 Å². The summed E-state index contributed by atoms with van der Waals surface area (Å²) in [6.45, 7) is 6.61. The van der Waals surface area contributed by atoms with E-state index in [0.29, 0.717) is 13.0 Å². The number of piperazine rings is 1. The molecule has 1 aliphatic heterocycles. The van der Waals surface area contributed by atoms with Crippen molar-refractivity contribution in [2.45, 2.75) is 19.1 Å². The van der Waals surface area contributed by atoms with Gasteiger partial charge in [0, 0.05) is 44.3 Å². The van der Waals surface area contributed by atoms with Crippen molar-refractivity contribution in [1.82, 2.24) is 9.80 Å². The third-order valence-electron chi connectivity index (χ3n) is 4.70. The van der Waals surface area contributed by atoms with Gasteiger partial charge in [-0.3, -0.25) is 9.80 Å². The van der Waals surface area contributed by atoms with E-state index in [9.17, 15) is 5.11 Å². The zero-order valence-corrected chi connectivity index (χ0v) is 15.9. The van der Waals surface area contributed by atoms with Crippen LogP contribution in [0.1, 0.15) is 11.1 Å². The summed E-state index contributed by atoms with van der Waals surface area (Å²) in [6.07, 6.45) is 0.300. The lowest BCUT2D eigenvalue weighted by molar-refractivity contribution is 0.0874. The number of rotatable bonds is 7. The van der Waals surface area contributed by atoms with E-state index in [0.717, 1.165) is 42.5 Å². The Morgan fingerprint density at radius 1 is 1.04 bits per heavy atom. The van der Waals surface area contributed by atoms with Crippen molar-refractivity contribution in [3.8, 4) is 5.75 Å². The van der Waals surface area contributed by atoms with Crippen LogP contribution < -0.4 is 4.74 Å². The van der Waals surface area contributed by atoms with Crippen LogP contribution in [0.3, 0.4) is 0 Å². The third-order valence-corrected chi connectivity index (χ3v) is 4.95. The Labute approximate surface area is 160 Å². The number of aliphatic hydroxyl groups excluding tert-OH is 1. The summed E-state index contributed by atoms with van der Waals surface area (Å²) < 4.78 is 5.17. The average molecular weight is 374 g/mol. The highest BCUT2D eigenvalue weighted by Crippen LogP contribution is 2.16. The maximum Gasteiger partial charge on any atom is 0.118 e. The van der Waals surface area contributed by atoms with Crippen LogP contribution in [0.2, 0.25) is 5.02 Å². The molecule has 1 fully saturated rings. The van der Waals surface area contributed by atoms with Crippen LogP contribution in [-0.4, -0.2) is 54.3 Å². The molecule has 1 saturated heterocycles. The van der Waals surface area contributed by atoms with Crippen LogP contribution in [0.25, 0.3) is 0 Å². The monoisotopic (exact) mass is 373 g/mol. The standard InChI is InChI=1S/C21H26ClN2O2/c1-26-21-8-4-17(5-9-21)14-20(25)16-24-12-10-23(11-13-24)15-18-2-6-19(22)7-3-18/h2-10,20,25H,11-16H2,1H3. The number of nitrogens with zero attached hydrogens (tertiary/aromatic N) is 2. The first kappa shape index (κ1) is 19.2. The minimum atomic E-state index is -0.361. The van der Waals surface area contributed by atoms with Gasteiger partial charge >= 0.3 is 0 Å². The highest BCUT2D eigenvalue weighted by Gasteiger charge is 2.19. The Balaban J connectivity index is 1.40. The lowest BCUT2D eigenvalue weighted by atomic mass is 10.1. The summed E-state index contributed by atoms with van der Waals surface area (Å²) >= 11 is 5.94. The summed E-state index contributed by atoms with van der Waals surface area (Å²) in [6, 6.07) is 15.9. The molecule has 1 aliphatic rings. The molecule has 0 saturated carbocycles. The predicted molar refractivity (Wildman–Crippen MR) is 105 cm³/mol. The van der Waals surface area contributed by atoms with E-state index in [1.807, 2.05) is 36.4 Å². The lowest BCUT2D eigenvalue weighted by Crippen LogP contribution is -2.45. The minimum Gasteiger partial charge on any atom is -0.497 e. The van der Waals surface area contributed by atoms with Crippen molar-refractivity contribution >= 4 is 11.6 Å². The molecule has 1 radical (unpaired) electrons. The average Bonchev–Trinajstić information content (AvgIpc) is 2.66. The van der Waals surface area contributed by atoms with E-state index in [1.54, 1.807) is 7.11 Å². The van der Waals surface area contributed by atoms with Gasteiger partial charge in [-0.2, -0.15) is 0 Å². The van der Waals surface area contributed by atoms with Crippen LogP contribution in [0.5, 0.6) is 5.75 Å². The van der Waals surface area contributed by atoms with E-state index >= 15 is 0 Å². The maximum atomic E-state index is 10.4. The fourth-order valence-electron chi connectivity index (χ4n) is 3.21. The molecule has 2 aromatic carbocycles. The fraction of sp³-hybridized carbons (Fsp3) is 0.381. The molecule has 2 aromatic rings. The Morgan fingerprint density at radius 2 is 1.73 bits per heavy atom. The van der Waals surface area contributed by atoms with E-state index in [2.05, 4.69) is 28.5 Å². The molecular formula is C21H26ClN2O2. The second-order valence-electron chi connectivity index (χ2n) is 6.75. The first-order chi connectivity index (χ1) is 12.6. The van der Waals surface area contributed by atoms with E-state index in [1.165, 1.54) is 5.56 Å². The normalized spacial score (nSPS) is 17.2. The number of β-amino-alcohol motifs (C(OH)–C–C–N with tert-alkyl or cyclic N) is 1. The van der Waals surface area contributed by atoms with Gasteiger partial charge in [0.25, 0.3) is 0 Å². The van der Waals surface area contributed by atoms with Crippen LogP contribution >= 0.6 is 11.6 Å². The number of benzene rings is 2. The van der Waals surface area contributed by atoms with Gasteiger partial charge in [-0.25, -0.2) is 0 Å². The molecule has 0 amide bonds. The molecule has 5 heteroatoms. The molecule has 0 aliphatic carbocycles. The summed E-state index contributed by atoms with van der Waals surface area (Å²) in [5.41, 5.74) is 2.39. The SMILES string of the molecule is COc1ccc(CC(O)CN2C[CH]N(Cc3ccc(Cl)cc3)CC2)cc1. The molecule has 1 heterocycles. The van der Waals surface area contributed by atoms with Crippen molar-refractivity contribution in [2.75, 3.05) is 33.3 Å². The molecule has 1 unspecified atom stereocenters. The molecule has 0 bridgehead atoms. The van der Waals surface area contributed by atoms with Crippen molar-refractivity contribution in [2.24, 2.45) is 0 Å². The van der Waals surface area contributed by atoms with Crippen molar-refractivity contribution < 1.29 is 9.84 Å². The molecular weight excluding hydrogens is 348 g/mol. The fourth-order valence-corrected chi connectivity index (χ4v) is 3.34. The quantitative estimate of drug-likeness (QED) is 0.808. The zero-order valence-electron chi connectivity index (χ0n) is 15.1. The predicted octanol–water partition coefficient (Wildman–Crippen LogP) is 3.23. The molecule has 139 valence electrons. The highest BCUT2D eigenvalue weighted by atomic mass is 35.5. The van der Waals surface area contributed by atoms with Crippen molar-refractivity contribution in [3.05, 3.63) is 71.2 Å². The van der Waals surface area contributed by atoms with Gasteiger partial charge in [-0.15, -0.1) is 0 Å². The Kier molecular flexibility index (Phi) is 6.92. The Bertz CT molecular complexity index is 667. The largest absolute Gasteiger partial charge is 0.497 e. The summed E-state index contributed by atoms with van der Waals surface area (Å²) in [4.78, 5) is 4.63. The van der Waals surface area contributed by atoms with Crippen LogP contribution in [0.4, 0.5) is 0 Å². The van der Waals surface area contributed by atoms with Gasteiger partial charge in [0.15, 0.2) is 0 Å². The number of methoxy groups -OCH3 is 1. The topological polar surface area (TPSA) is 35.9 Å². The number of hydrogen-bond acceptors (Lipinski definition) is 4. The van der Waals surface area contributed by atoms with Gasteiger partial charge in [0.1, 0.15) is 5.75 Å². The van der Waals surface area contributed by atoms with E-state index in [4.69, 9.17) is 16.3 Å². The third kappa shape index (κ3) is 5.71. The minimum absolute atomic E-state index is 0.361. The van der Waals surface area contributed by atoms with Crippen LogP contribution in [0, 0.1) is 6.54 Å². The summed E-state index contributed by atoms with van der Waals surface area (Å²) in [7, 11) is 1.66. The second-order valence-corrected chi connectivity index (χ2v) is 7.18. The van der Waals surface area contributed by atoms with Gasteiger partial charge in [0.2, 0.25) is 0 Å². The Morgan fingerprint density at radius 3 is 2.35 bits per heavy atom. The smallest absolute Gasteiger partial charge is 0.118 e. The van der Waals surface area contributed by atoms with Crippen molar-refractivity contribution in [3.63, 3.8) is 0 Å². The second kappa shape index (κ2) is 9.38. The molecule has 4 nitrogen and oxygen atoms in total. The zero-order chi connectivity index (χ0) is 18.4. The summed E-state index contributed by atoms with van der Waals surface area (Å²) in [5.74, 6) is 0.842. The lowest BCUT2D eigenvalue weighted by Gasteiger charge is -2.35. The maximum absolute atomic E-state index is 10.4. The van der Waals surface area contributed by atoms with Gasteiger partial charge in [-0.05, 0) is 41.8 Å². The van der Waals surface area contributed by atoms with Gasteiger partial charge < -0.3 is 9.84 Å². The molecule has 0 spiro atoms. The highest BCUT2D eigenvalue weighted by molar-refractivity contribution is 6.30. The number of halogens is 1. The number of ether oxygens (including phenoxy) is 1. The number of aliphatic hydroxyl groups is 1. The molecule has 0 aromatic heterocycles. The van der Waals surface area contributed by atoms with E-state index in [-0.39, 0.29) is 6.10 Å². The van der Waals surface area contributed by atoms with Gasteiger partial charge in [0.05, 0.1) is 13.2 Å². The van der Waals surface area contributed by atoms with Gasteiger partial charge in [-0.1, -0.05) is 35.9 Å². The first-order valence-electron chi connectivity index (χ1n) is 8.97. The molecule has 1 N–H and O–H groups in total. The number of hydrogen-bond donors (Lipinski definition) is 1. The van der Waals surface area contributed by atoms with E-state index < -0.39 is 0 Å². The first-order valence-corrected chi connectivity index (χ1v) is 9.35. The molecule has 26 heavy (non-hydrogen) atoms. The molecule has 1 atom stereocenters.